The van der Waals surface area contributed by atoms with Crippen molar-refractivity contribution < 1.29 is 19.4 Å². The van der Waals surface area contributed by atoms with Crippen molar-refractivity contribution in [1.82, 2.24) is 4.90 Å². The van der Waals surface area contributed by atoms with E-state index in [1.165, 1.54) is 4.90 Å². The number of rotatable bonds is 4. The van der Waals surface area contributed by atoms with Crippen LogP contribution in [0.1, 0.15) is 77.6 Å². The van der Waals surface area contributed by atoms with Crippen molar-refractivity contribution in [3.05, 3.63) is 0 Å². The van der Waals surface area contributed by atoms with Crippen molar-refractivity contribution in [1.29, 1.82) is 5.26 Å². The van der Waals surface area contributed by atoms with Gasteiger partial charge in [0, 0.05) is 7.05 Å². The predicted octanol–water partition coefficient (Wildman–Crippen LogP) is 2.93. The third-order valence-electron chi connectivity index (χ3n) is 7.96. The van der Waals surface area contributed by atoms with Crippen molar-refractivity contribution in [2.24, 2.45) is 17.3 Å². The first-order valence-electron chi connectivity index (χ1n) is 10.8. The summed E-state index contributed by atoms with van der Waals surface area (Å²) in [6.45, 7) is 1.61. The molecule has 5 rings (SSSR count). The number of hydrogen-bond donors (Lipinski definition) is 1. The monoisotopic (exact) mass is 388 g/mol. The predicted molar refractivity (Wildman–Crippen MR) is 102 cm³/mol. The van der Waals surface area contributed by atoms with Crippen molar-refractivity contribution >= 4 is 11.9 Å². The van der Waals surface area contributed by atoms with Crippen molar-refractivity contribution in [3.63, 3.8) is 0 Å². The molecule has 6 nitrogen and oxygen atoms in total. The topological polar surface area (TPSA) is 90.6 Å². The minimum absolute atomic E-state index is 0.305. The average molecular weight is 389 g/mol. The van der Waals surface area contributed by atoms with Crippen LogP contribution in [0.15, 0.2) is 0 Å². The first-order chi connectivity index (χ1) is 13.2. The number of aliphatic hydroxyl groups is 1. The lowest BCUT2D eigenvalue weighted by atomic mass is 9.48. The number of nitriles is 1. The SMILES string of the molecule is C[C@@H](OC(=O)C12C[C@@H]3C[C@@H](CC(O)(C3)C1)C2)C(=O)N(C)C1(C#N)CCCCC1. The lowest BCUT2D eigenvalue weighted by molar-refractivity contribution is -0.201. The van der Waals surface area contributed by atoms with E-state index in [0.29, 0.717) is 31.1 Å². The summed E-state index contributed by atoms with van der Waals surface area (Å²) in [7, 11) is 1.66. The van der Waals surface area contributed by atoms with Crippen LogP contribution in [0.5, 0.6) is 0 Å². The van der Waals surface area contributed by atoms with Gasteiger partial charge in [0.15, 0.2) is 6.10 Å². The van der Waals surface area contributed by atoms with Crippen LogP contribution in [0.2, 0.25) is 0 Å². The molecule has 1 amide bonds. The molecule has 6 heteroatoms. The van der Waals surface area contributed by atoms with E-state index in [9.17, 15) is 20.0 Å². The first kappa shape index (κ1) is 19.7. The number of ether oxygens (including phenoxy) is 1. The van der Waals surface area contributed by atoms with Gasteiger partial charge in [0.25, 0.3) is 5.91 Å². The number of amides is 1. The van der Waals surface area contributed by atoms with Gasteiger partial charge >= 0.3 is 5.97 Å². The molecule has 0 aromatic heterocycles. The van der Waals surface area contributed by atoms with Crippen LogP contribution < -0.4 is 0 Å². The first-order valence-corrected chi connectivity index (χ1v) is 10.8. The maximum Gasteiger partial charge on any atom is 0.312 e. The molecule has 28 heavy (non-hydrogen) atoms. The van der Waals surface area contributed by atoms with Crippen LogP contribution in [0.4, 0.5) is 0 Å². The molecule has 0 spiro atoms. The van der Waals surface area contributed by atoms with E-state index >= 15 is 0 Å². The van der Waals surface area contributed by atoms with E-state index in [2.05, 4.69) is 6.07 Å². The minimum atomic E-state index is -0.910. The van der Waals surface area contributed by atoms with Crippen LogP contribution in [0, 0.1) is 28.6 Å². The number of carbonyl (C=O) groups excluding carboxylic acids is 2. The molecule has 5 aliphatic carbocycles. The molecule has 1 N–H and O–H groups in total. The molecule has 0 radical (unpaired) electrons. The summed E-state index contributed by atoms with van der Waals surface area (Å²) in [6, 6.07) is 2.35. The maximum absolute atomic E-state index is 13.1. The Morgan fingerprint density at radius 2 is 1.75 bits per heavy atom. The highest BCUT2D eigenvalue weighted by Crippen LogP contribution is 2.62. The Labute approximate surface area is 167 Å². The molecule has 5 saturated carbocycles. The van der Waals surface area contributed by atoms with Crippen LogP contribution in [-0.2, 0) is 14.3 Å². The number of likely N-dealkylation sites (N-methyl/N-ethyl adjacent to an activating group) is 1. The molecule has 154 valence electrons. The zero-order valence-corrected chi connectivity index (χ0v) is 17.1. The molecular formula is C22H32N2O4. The zero-order chi connectivity index (χ0) is 20.2. The number of carbonyl (C=O) groups is 2. The van der Waals surface area contributed by atoms with Crippen molar-refractivity contribution in [2.45, 2.75) is 94.8 Å². The Bertz CT molecular complexity index is 692. The van der Waals surface area contributed by atoms with Crippen LogP contribution in [-0.4, -0.2) is 46.2 Å². The van der Waals surface area contributed by atoms with Gasteiger partial charge in [-0.3, -0.25) is 9.59 Å². The Hall–Kier alpha value is -1.61. The molecule has 2 unspecified atom stereocenters. The van der Waals surface area contributed by atoms with Gasteiger partial charge in [-0.25, -0.2) is 0 Å². The van der Waals surface area contributed by atoms with Gasteiger partial charge in [-0.2, -0.15) is 5.26 Å². The molecule has 0 heterocycles. The van der Waals surface area contributed by atoms with Crippen molar-refractivity contribution in [3.8, 4) is 6.07 Å². The fourth-order valence-corrected chi connectivity index (χ4v) is 6.93. The second kappa shape index (κ2) is 6.73. The Kier molecular flexibility index (Phi) is 4.73. The zero-order valence-electron chi connectivity index (χ0n) is 17.1. The molecule has 4 bridgehead atoms. The van der Waals surface area contributed by atoms with E-state index < -0.39 is 22.7 Å². The van der Waals surface area contributed by atoms with Gasteiger partial charge in [0.2, 0.25) is 0 Å². The summed E-state index contributed by atoms with van der Waals surface area (Å²) >= 11 is 0. The largest absolute Gasteiger partial charge is 0.452 e. The average Bonchev–Trinajstić information content (AvgIpc) is 2.65. The van der Waals surface area contributed by atoms with E-state index in [1.807, 2.05) is 0 Å². The Balaban J connectivity index is 1.45. The summed E-state index contributed by atoms with van der Waals surface area (Å²) < 4.78 is 5.69. The fourth-order valence-electron chi connectivity index (χ4n) is 6.93. The normalized spacial score (nSPS) is 39.1. The highest BCUT2D eigenvalue weighted by Gasteiger charge is 2.61. The quantitative estimate of drug-likeness (QED) is 0.748. The van der Waals surface area contributed by atoms with Crippen LogP contribution in [0.25, 0.3) is 0 Å². The van der Waals surface area contributed by atoms with Gasteiger partial charge in [-0.05, 0) is 70.1 Å². The molecule has 0 saturated heterocycles. The standard InChI is InChI=1S/C22H32N2O4/c1-15(18(25)24(2)21(14-23)6-4-3-5-7-21)28-19(26)20-9-16-8-17(10-20)12-22(27,11-16)13-20/h15-17,27H,3-13H2,1-2H3/t15-,16-,17+,20?,22?/m1/s1. The van der Waals surface area contributed by atoms with E-state index in [-0.39, 0.29) is 11.9 Å². The van der Waals surface area contributed by atoms with Gasteiger partial charge in [0.1, 0.15) is 5.54 Å². The van der Waals surface area contributed by atoms with Gasteiger partial charge in [-0.1, -0.05) is 19.3 Å². The lowest BCUT2D eigenvalue weighted by Crippen LogP contribution is -2.59. The minimum Gasteiger partial charge on any atom is -0.452 e. The second-order valence-electron chi connectivity index (χ2n) is 10.1. The van der Waals surface area contributed by atoms with E-state index in [1.54, 1.807) is 14.0 Å². The van der Waals surface area contributed by atoms with Crippen molar-refractivity contribution in [2.75, 3.05) is 7.05 Å². The van der Waals surface area contributed by atoms with Gasteiger partial charge < -0.3 is 14.7 Å². The summed E-state index contributed by atoms with van der Waals surface area (Å²) in [5.74, 6) is 0.136. The molecule has 5 aliphatic rings. The third-order valence-corrected chi connectivity index (χ3v) is 7.96. The molecule has 0 aromatic rings. The number of hydrogen-bond acceptors (Lipinski definition) is 5. The lowest BCUT2D eigenvalue weighted by Gasteiger charge is -2.58. The molecule has 5 fully saturated rings. The number of esters is 1. The molecule has 0 aliphatic heterocycles. The highest BCUT2D eigenvalue weighted by atomic mass is 16.5. The summed E-state index contributed by atoms with van der Waals surface area (Å²) in [6.07, 6.45) is 8.07. The van der Waals surface area contributed by atoms with Crippen LogP contribution in [0.3, 0.4) is 0 Å². The van der Waals surface area contributed by atoms with Gasteiger partial charge in [-0.15, -0.1) is 0 Å². The second-order valence-corrected chi connectivity index (χ2v) is 10.1. The maximum atomic E-state index is 13.1. The van der Waals surface area contributed by atoms with Gasteiger partial charge in [0.05, 0.1) is 17.1 Å². The summed E-state index contributed by atoms with van der Waals surface area (Å²) in [5.41, 5.74) is -2.16. The fraction of sp³-hybridized carbons (Fsp3) is 0.864. The summed E-state index contributed by atoms with van der Waals surface area (Å²) in [5, 5.41) is 20.6. The van der Waals surface area contributed by atoms with Crippen LogP contribution >= 0.6 is 0 Å². The smallest absolute Gasteiger partial charge is 0.312 e. The van der Waals surface area contributed by atoms with E-state index in [4.69, 9.17) is 4.74 Å². The highest BCUT2D eigenvalue weighted by molar-refractivity contribution is 5.86. The number of nitrogens with zero attached hydrogens (tertiary/aromatic N) is 2. The molecule has 0 aromatic carbocycles. The Morgan fingerprint density at radius 3 is 2.29 bits per heavy atom. The molecule has 5 atom stereocenters. The van der Waals surface area contributed by atoms with E-state index in [0.717, 1.165) is 51.4 Å². The summed E-state index contributed by atoms with van der Waals surface area (Å²) in [4.78, 5) is 27.6. The third kappa shape index (κ3) is 3.12. The molecular weight excluding hydrogens is 356 g/mol. The Morgan fingerprint density at radius 1 is 1.14 bits per heavy atom.